The highest BCUT2D eigenvalue weighted by Gasteiger charge is 1.88. The van der Waals surface area contributed by atoms with Crippen LogP contribution in [-0.2, 0) is 0 Å². The SMILES string of the molecule is C/N=N/CC/C(C)=N/N=C(C)C. The van der Waals surface area contributed by atoms with Crippen molar-refractivity contribution in [2.45, 2.75) is 27.2 Å². The fourth-order valence-electron chi connectivity index (χ4n) is 0.547. The van der Waals surface area contributed by atoms with Gasteiger partial charge in [-0.1, -0.05) is 0 Å². The van der Waals surface area contributed by atoms with Crippen molar-refractivity contribution in [3.63, 3.8) is 0 Å². The smallest absolute Gasteiger partial charge is 0.0651 e. The van der Waals surface area contributed by atoms with Crippen LogP contribution in [0.25, 0.3) is 0 Å². The third-order valence-corrected chi connectivity index (χ3v) is 1.14. The molecule has 0 aliphatic carbocycles. The second-order valence-corrected chi connectivity index (χ2v) is 2.70. The van der Waals surface area contributed by atoms with Crippen molar-refractivity contribution in [3.8, 4) is 0 Å². The first kappa shape index (κ1) is 10.9. The summed E-state index contributed by atoms with van der Waals surface area (Å²) in [5.41, 5.74) is 1.95. The Balaban J connectivity index is 3.78. The molecule has 0 aliphatic heterocycles. The van der Waals surface area contributed by atoms with Gasteiger partial charge in [-0.3, -0.25) is 0 Å². The Bertz CT molecular complexity index is 199. The molecule has 0 N–H and O–H groups in total. The van der Waals surface area contributed by atoms with Gasteiger partial charge in [0.1, 0.15) is 0 Å². The van der Waals surface area contributed by atoms with Gasteiger partial charge in [-0.25, -0.2) is 0 Å². The van der Waals surface area contributed by atoms with Crippen LogP contribution in [0.1, 0.15) is 27.2 Å². The largest absolute Gasteiger partial charge is 0.198 e. The molecule has 0 saturated heterocycles. The Kier molecular flexibility index (Phi) is 6.05. The van der Waals surface area contributed by atoms with E-state index in [-0.39, 0.29) is 0 Å². The second kappa shape index (κ2) is 6.64. The molecule has 0 aromatic rings. The molecule has 0 rings (SSSR count). The Labute approximate surface area is 73.5 Å². The lowest BCUT2D eigenvalue weighted by Gasteiger charge is -1.92. The molecule has 0 fully saturated rings. The lowest BCUT2D eigenvalue weighted by Crippen LogP contribution is -1.93. The number of rotatable bonds is 4. The van der Waals surface area contributed by atoms with Crippen LogP contribution in [0.3, 0.4) is 0 Å². The summed E-state index contributed by atoms with van der Waals surface area (Å²) >= 11 is 0. The molecule has 0 aliphatic rings. The zero-order chi connectivity index (χ0) is 9.40. The number of azo groups is 1. The summed E-state index contributed by atoms with van der Waals surface area (Å²) in [6.45, 7) is 6.48. The van der Waals surface area contributed by atoms with Crippen LogP contribution in [-0.4, -0.2) is 25.0 Å². The molecule has 4 nitrogen and oxygen atoms in total. The highest BCUT2D eigenvalue weighted by molar-refractivity contribution is 5.84. The Morgan fingerprint density at radius 1 is 1.08 bits per heavy atom. The molecule has 0 aromatic carbocycles. The van der Waals surface area contributed by atoms with E-state index in [1.165, 1.54) is 0 Å². The predicted molar refractivity (Wildman–Crippen MR) is 52.2 cm³/mol. The number of hydrogen-bond acceptors (Lipinski definition) is 4. The number of hydrogen-bond donors (Lipinski definition) is 0. The topological polar surface area (TPSA) is 49.4 Å². The van der Waals surface area contributed by atoms with E-state index < -0.39 is 0 Å². The van der Waals surface area contributed by atoms with Crippen LogP contribution in [0.2, 0.25) is 0 Å². The van der Waals surface area contributed by atoms with Crippen molar-refractivity contribution in [1.29, 1.82) is 0 Å². The first-order chi connectivity index (χ1) is 5.66. The molecular formula is C8H16N4. The van der Waals surface area contributed by atoms with Crippen molar-refractivity contribution in [2.75, 3.05) is 13.6 Å². The first-order valence-electron chi connectivity index (χ1n) is 3.96. The van der Waals surface area contributed by atoms with Gasteiger partial charge in [-0.15, -0.1) is 0 Å². The zero-order valence-electron chi connectivity index (χ0n) is 8.20. The van der Waals surface area contributed by atoms with Gasteiger partial charge in [0.05, 0.1) is 6.54 Å². The van der Waals surface area contributed by atoms with Crippen LogP contribution in [0.5, 0.6) is 0 Å². The molecule has 4 heteroatoms. The highest BCUT2D eigenvalue weighted by atomic mass is 15.2. The molecule has 0 atom stereocenters. The average Bonchev–Trinajstić information content (AvgIpc) is 2.01. The van der Waals surface area contributed by atoms with Crippen molar-refractivity contribution >= 4 is 11.4 Å². The van der Waals surface area contributed by atoms with Crippen LogP contribution in [0, 0.1) is 0 Å². The van der Waals surface area contributed by atoms with E-state index in [9.17, 15) is 0 Å². The molecule has 0 unspecified atom stereocenters. The average molecular weight is 168 g/mol. The maximum atomic E-state index is 4.00. The van der Waals surface area contributed by atoms with Gasteiger partial charge in [0.2, 0.25) is 0 Å². The molecular weight excluding hydrogens is 152 g/mol. The normalized spacial score (nSPS) is 12.2. The molecule has 0 radical (unpaired) electrons. The van der Waals surface area contributed by atoms with Crippen LogP contribution in [0.15, 0.2) is 20.4 Å². The minimum Gasteiger partial charge on any atom is -0.198 e. The van der Waals surface area contributed by atoms with Gasteiger partial charge in [0, 0.05) is 24.9 Å². The van der Waals surface area contributed by atoms with Crippen LogP contribution in [0.4, 0.5) is 0 Å². The van der Waals surface area contributed by atoms with Gasteiger partial charge in [-0.05, 0) is 20.8 Å². The molecule has 12 heavy (non-hydrogen) atoms. The molecule has 0 saturated carbocycles. The summed E-state index contributed by atoms with van der Waals surface area (Å²) in [4.78, 5) is 0. The van der Waals surface area contributed by atoms with Crippen molar-refractivity contribution < 1.29 is 0 Å². The van der Waals surface area contributed by atoms with Crippen LogP contribution < -0.4 is 0 Å². The molecule has 0 heterocycles. The maximum absolute atomic E-state index is 4.00. The summed E-state index contributed by atoms with van der Waals surface area (Å²) in [6, 6.07) is 0. The maximum Gasteiger partial charge on any atom is 0.0651 e. The summed E-state index contributed by atoms with van der Waals surface area (Å²) in [7, 11) is 1.67. The third kappa shape index (κ3) is 7.05. The predicted octanol–water partition coefficient (Wildman–Crippen LogP) is 2.32. The Hall–Kier alpha value is -1.06. The van der Waals surface area contributed by atoms with Gasteiger partial charge in [0.25, 0.3) is 0 Å². The van der Waals surface area contributed by atoms with E-state index in [4.69, 9.17) is 0 Å². The van der Waals surface area contributed by atoms with E-state index in [1.807, 2.05) is 20.8 Å². The lowest BCUT2D eigenvalue weighted by atomic mass is 10.3. The van der Waals surface area contributed by atoms with Crippen molar-refractivity contribution in [1.82, 2.24) is 0 Å². The Morgan fingerprint density at radius 2 is 1.75 bits per heavy atom. The molecule has 0 bridgehead atoms. The molecule has 68 valence electrons. The summed E-state index contributed by atoms with van der Waals surface area (Å²) in [6.07, 6.45) is 0.828. The van der Waals surface area contributed by atoms with Gasteiger partial charge < -0.3 is 0 Å². The quantitative estimate of drug-likeness (QED) is 0.351. The van der Waals surface area contributed by atoms with Crippen molar-refractivity contribution in [2.24, 2.45) is 20.4 Å². The molecule has 0 spiro atoms. The molecule has 0 amide bonds. The van der Waals surface area contributed by atoms with Gasteiger partial charge >= 0.3 is 0 Å². The fourth-order valence-corrected chi connectivity index (χ4v) is 0.547. The molecule has 0 aromatic heterocycles. The standard InChI is InChI=1S/C8H16N4/c1-7(2)11-12-8(3)5-6-10-9-4/h5-6H2,1-4H3/b10-9+,12-8+. The Morgan fingerprint density at radius 3 is 2.25 bits per heavy atom. The van der Waals surface area contributed by atoms with Gasteiger partial charge in [-0.2, -0.15) is 20.4 Å². The monoisotopic (exact) mass is 168 g/mol. The van der Waals surface area contributed by atoms with E-state index in [0.29, 0.717) is 6.54 Å². The summed E-state index contributed by atoms with van der Waals surface area (Å²) < 4.78 is 0. The highest BCUT2D eigenvalue weighted by Crippen LogP contribution is 1.89. The summed E-state index contributed by atoms with van der Waals surface area (Å²) in [5.74, 6) is 0. The second-order valence-electron chi connectivity index (χ2n) is 2.70. The van der Waals surface area contributed by atoms with E-state index >= 15 is 0 Å². The third-order valence-electron chi connectivity index (χ3n) is 1.14. The van der Waals surface area contributed by atoms with Crippen molar-refractivity contribution in [3.05, 3.63) is 0 Å². The van der Waals surface area contributed by atoms with Gasteiger partial charge in [0.15, 0.2) is 0 Å². The summed E-state index contributed by atoms with van der Waals surface area (Å²) in [5, 5.41) is 15.4. The minimum absolute atomic E-state index is 0.699. The van der Waals surface area contributed by atoms with E-state index in [1.54, 1.807) is 7.05 Å². The first-order valence-corrected chi connectivity index (χ1v) is 3.96. The number of nitrogens with zero attached hydrogens (tertiary/aromatic N) is 4. The van der Waals surface area contributed by atoms with E-state index in [0.717, 1.165) is 17.8 Å². The van der Waals surface area contributed by atoms with Crippen LogP contribution >= 0.6 is 0 Å². The minimum atomic E-state index is 0.699. The fraction of sp³-hybridized carbons (Fsp3) is 0.750. The van der Waals surface area contributed by atoms with E-state index in [2.05, 4.69) is 20.4 Å². The lowest BCUT2D eigenvalue weighted by molar-refractivity contribution is 0.922. The zero-order valence-corrected chi connectivity index (χ0v) is 8.20.